The molecular formula is C17H16ClN3O3S. The van der Waals surface area contributed by atoms with Crippen LogP contribution in [0.25, 0.3) is 11.5 Å². The second-order valence-corrected chi connectivity index (χ2v) is 7.03. The predicted octanol–water partition coefficient (Wildman–Crippen LogP) is 4.09. The summed E-state index contributed by atoms with van der Waals surface area (Å²) < 4.78 is 10.8. The molecule has 0 aliphatic heterocycles. The highest BCUT2D eigenvalue weighted by Crippen LogP contribution is 2.28. The number of rotatable bonds is 6. The Labute approximate surface area is 154 Å². The van der Waals surface area contributed by atoms with E-state index in [4.69, 9.17) is 20.4 Å². The van der Waals surface area contributed by atoms with Crippen LogP contribution in [-0.2, 0) is 11.3 Å². The lowest BCUT2D eigenvalue weighted by Crippen LogP contribution is -2.30. The molecule has 3 rings (SSSR count). The molecule has 0 saturated heterocycles. The van der Waals surface area contributed by atoms with Crippen molar-refractivity contribution in [2.75, 3.05) is 0 Å². The molecule has 0 radical (unpaired) electrons. The maximum absolute atomic E-state index is 12.2. The molecule has 1 amide bonds. The molecule has 8 heteroatoms. The number of nitrogens with one attached hydrogen (secondary N) is 1. The number of benzene rings is 1. The van der Waals surface area contributed by atoms with Crippen LogP contribution >= 0.6 is 23.4 Å². The number of amides is 1. The van der Waals surface area contributed by atoms with Crippen LogP contribution in [0.1, 0.15) is 18.2 Å². The van der Waals surface area contributed by atoms with E-state index < -0.39 is 0 Å². The SMILES string of the molecule is Cc1occc1-c1nnc(S[C@H](C)C(=O)NCc2ccccc2Cl)o1. The highest BCUT2D eigenvalue weighted by atomic mass is 35.5. The Morgan fingerprint density at radius 1 is 1.32 bits per heavy atom. The molecule has 2 aromatic heterocycles. The van der Waals surface area contributed by atoms with Crippen LogP contribution in [-0.4, -0.2) is 21.4 Å². The summed E-state index contributed by atoms with van der Waals surface area (Å²) in [7, 11) is 0. The smallest absolute Gasteiger partial charge is 0.277 e. The Hall–Kier alpha value is -2.25. The highest BCUT2D eigenvalue weighted by Gasteiger charge is 2.19. The van der Waals surface area contributed by atoms with E-state index in [1.807, 2.05) is 25.1 Å². The van der Waals surface area contributed by atoms with E-state index in [0.717, 1.165) is 11.1 Å². The number of carbonyl (C=O) groups is 1. The third-order valence-electron chi connectivity index (χ3n) is 3.55. The van der Waals surface area contributed by atoms with Crippen LogP contribution in [0.2, 0.25) is 5.02 Å². The average molecular weight is 378 g/mol. The molecule has 0 aliphatic carbocycles. The van der Waals surface area contributed by atoms with Gasteiger partial charge >= 0.3 is 0 Å². The predicted molar refractivity (Wildman–Crippen MR) is 95.4 cm³/mol. The molecule has 0 fully saturated rings. The number of hydrogen-bond acceptors (Lipinski definition) is 6. The van der Waals surface area contributed by atoms with E-state index in [-0.39, 0.29) is 11.2 Å². The number of thioether (sulfide) groups is 1. The molecule has 0 spiro atoms. The molecule has 0 aliphatic rings. The van der Waals surface area contributed by atoms with Gasteiger partial charge in [-0.3, -0.25) is 4.79 Å². The number of hydrogen-bond donors (Lipinski definition) is 1. The van der Waals surface area contributed by atoms with Gasteiger partial charge < -0.3 is 14.2 Å². The van der Waals surface area contributed by atoms with Crippen LogP contribution in [0, 0.1) is 6.92 Å². The Morgan fingerprint density at radius 2 is 2.12 bits per heavy atom. The minimum Gasteiger partial charge on any atom is -0.469 e. The van der Waals surface area contributed by atoms with Crippen molar-refractivity contribution in [1.82, 2.24) is 15.5 Å². The third kappa shape index (κ3) is 4.24. The minimum absolute atomic E-state index is 0.135. The lowest BCUT2D eigenvalue weighted by Gasteiger charge is -2.10. The van der Waals surface area contributed by atoms with E-state index in [9.17, 15) is 4.79 Å². The van der Waals surface area contributed by atoms with Gasteiger partial charge in [0, 0.05) is 11.6 Å². The van der Waals surface area contributed by atoms with Crippen molar-refractivity contribution >= 4 is 29.3 Å². The number of aromatic nitrogens is 2. The Bertz CT molecular complexity index is 877. The van der Waals surface area contributed by atoms with E-state index in [2.05, 4.69) is 15.5 Å². The minimum atomic E-state index is -0.388. The van der Waals surface area contributed by atoms with E-state index >= 15 is 0 Å². The first-order valence-corrected chi connectivity index (χ1v) is 8.86. The monoisotopic (exact) mass is 377 g/mol. The van der Waals surface area contributed by atoms with Gasteiger partial charge in [0.05, 0.1) is 17.1 Å². The first-order chi connectivity index (χ1) is 12.0. The fourth-order valence-electron chi connectivity index (χ4n) is 2.15. The van der Waals surface area contributed by atoms with Gasteiger partial charge in [-0.1, -0.05) is 41.6 Å². The average Bonchev–Trinajstić information content (AvgIpc) is 3.22. The zero-order chi connectivity index (χ0) is 17.8. The quantitative estimate of drug-likeness (QED) is 0.651. The molecular weight excluding hydrogens is 362 g/mol. The normalized spacial score (nSPS) is 12.1. The summed E-state index contributed by atoms with van der Waals surface area (Å²) in [6.45, 7) is 3.96. The first-order valence-electron chi connectivity index (χ1n) is 7.60. The number of halogens is 1. The molecule has 0 unspecified atom stereocenters. The van der Waals surface area contributed by atoms with Crippen LogP contribution in [0.3, 0.4) is 0 Å². The van der Waals surface area contributed by atoms with Crippen molar-refractivity contribution in [2.24, 2.45) is 0 Å². The summed E-state index contributed by atoms with van der Waals surface area (Å²) in [5, 5.41) is 11.4. The molecule has 0 bridgehead atoms. The van der Waals surface area contributed by atoms with Crippen LogP contribution in [0.4, 0.5) is 0 Å². The summed E-state index contributed by atoms with van der Waals surface area (Å²) in [4.78, 5) is 12.2. The molecule has 3 aromatic rings. The van der Waals surface area contributed by atoms with Gasteiger partial charge in [-0.2, -0.15) is 0 Å². The summed E-state index contributed by atoms with van der Waals surface area (Å²) in [5.74, 6) is 0.937. The Kier molecular flexibility index (Phi) is 5.45. The Balaban J connectivity index is 1.58. The molecule has 1 N–H and O–H groups in total. The zero-order valence-electron chi connectivity index (χ0n) is 13.7. The standard InChI is InChI=1S/C17H16ClN3O3S/c1-10-13(7-8-23-10)16-20-21-17(24-16)25-11(2)15(22)19-9-12-5-3-4-6-14(12)18/h3-8,11H,9H2,1-2H3,(H,19,22)/t11-/m1/s1. The molecule has 1 aromatic carbocycles. The van der Waals surface area contributed by atoms with Crippen molar-refractivity contribution in [2.45, 2.75) is 30.9 Å². The number of nitrogens with zero attached hydrogens (tertiary/aromatic N) is 2. The zero-order valence-corrected chi connectivity index (χ0v) is 15.2. The fourth-order valence-corrected chi connectivity index (χ4v) is 3.06. The second-order valence-electron chi connectivity index (χ2n) is 5.33. The highest BCUT2D eigenvalue weighted by molar-refractivity contribution is 8.00. The van der Waals surface area contributed by atoms with Crippen molar-refractivity contribution in [3.05, 3.63) is 52.9 Å². The maximum Gasteiger partial charge on any atom is 0.277 e. The maximum atomic E-state index is 12.2. The summed E-state index contributed by atoms with van der Waals surface area (Å²) in [6, 6.07) is 9.15. The topological polar surface area (TPSA) is 81.2 Å². The second kappa shape index (κ2) is 7.76. The van der Waals surface area contributed by atoms with Gasteiger partial charge in [-0.25, -0.2) is 0 Å². The summed E-state index contributed by atoms with van der Waals surface area (Å²) in [5.41, 5.74) is 1.61. The molecule has 130 valence electrons. The fraction of sp³-hybridized carbons (Fsp3) is 0.235. The number of carbonyl (C=O) groups excluding carboxylic acids is 1. The van der Waals surface area contributed by atoms with Gasteiger partial charge in [0.1, 0.15) is 5.76 Å². The van der Waals surface area contributed by atoms with E-state index in [0.29, 0.717) is 28.4 Å². The summed E-state index contributed by atoms with van der Waals surface area (Å²) in [6.07, 6.45) is 1.56. The number of furan rings is 1. The molecule has 0 saturated carbocycles. The number of aryl methyl sites for hydroxylation is 1. The van der Waals surface area contributed by atoms with Crippen LogP contribution in [0.5, 0.6) is 0 Å². The largest absolute Gasteiger partial charge is 0.469 e. The summed E-state index contributed by atoms with van der Waals surface area (Å²) >= 11 is 7.28. The van der Waals surface area contributed by atoms with Crippen molar-refractivity contribution in [3.63, 3.8) is 0 Å². The van der Waals surface area contributed by atoms with Gasteiger partial charge in [0.25, 0.3) is 11.1 Å². The lowest BCUT2D eigenvalue weighted by molar-refractivity contribution is -0.120. The van der Waals surface area contributed by atoms with Crippen LogP contribution < -0.4 is 5.32 Å². The molecule has 1 atom stereocenters. The molecule has 25 heavy (non-hydrogen) atoms. The molecule has 2 heterocycles. The molecule has 6 nitrogen and oxygen atoms in total. The lowest BCUT2D eigenvalue weighted by atomic mass is 10.2. The van der Waals surface area contributed by atoms with Crippen LogP contribution in [0.15, 0.2) is 50.7 Å². The third-order valence-corrected chi connectivity index (χ3v) is 4.86. The first kappa shape index (κ1) is 17.6. The Morgan fingerprint density at radius 3 is 2.84 bits per heavy atom. The van der Waals surface area contributed by atoms with Gasteiger partial charge in [0.15, 0.2) is 0 Å². The van der Waals surface area contributed by atoms with Crippen molar-refractivity contribution in [3.8, 4) is 11.5 Å². The van der Waals surface area contributed by atoms with E-state index in [1.54, 1.807) is 25.3 Å². The van der Waals surface area contributed by atoms with Gasteiger partial charge in [-0.15, -0.1) is 10.2 Å². The van der Waals surface area contributed by atoms with E-state index in [1.165, 1.54) is 11.8 Å². The van der Waals surface area contributed by atoms with Crippen molar-refractivity contribution in [1.29, 1.82) is 0 Å². The van der Waals surface area contributed by atoms with Crippen molar-refractivity contribution < 1.29 is 13.6 Å². The van der Waals surface area contributed by atoms with Gasteiger partial charge in [-0.05, 0) is 31.5 Å². The van der Waals surface area contributed by atoms with Gasteiger partial charge in [0.2, 0.25) is 5.91 Å².